The molecule has 0 aromatic heterocycles. The van der Waals surface area contributed by atoms with Crippen LogP contribution in [0, 0.1) is 5.92 Å². The molecule has 2 heterocycles. The van der Waals surface area contributed by atoms with Crippen molar-refractivity contribution in [2.75, 3.05) is 18.4 Å². The van der Waals surface area contributed by atoms with Crippen molar-refractivity contribution in [1.82, 2.24) is 5.32 Å². The quantitative estimate of drug-likeness (QED) is 0.751. The molecule has 1 aromatic carbocycles. The van der Waals surface area contributed by atoms with Gasteiger partial charge in [0.05, 0.1) is 0 Å². The van der Waals surface area contributed by atoms with Crippen molar-refractivity contribution in [3.05, 3.63) is 29.3 Å². The van der Waals surface area contributed by atoms with E-state index in [1.165, 1.54) is 11.1 Å². The van der Waals surface area contributed by atoms with Gasteiger partial charge in [0.15, 0.2) is 0 Å². The summed E-state index contributed by atoms with van der Waals surface area (Å²) in [6.45, 7) is 8.55. The topological polar surface area (TPSA) is 41.1 Å². The average Bonchev–Trinajstić information content (AvgIpc) is 2.37. The molecule has 0 saturated carbocycles. The molecule has 0 bridgehead atoms. The second-order valence-electron chi connectivity index (χ2n) is 6.75. The maximum Gasteiger partial charge on any atom is 0.228 e. The third kappa shape index (κ3) is 2.16. The van der Waals surface area contributed by atoms with Crippen LogP contribution in [0.3, 0.4) is 0 Å². The van der Waals surface area contributed by atoms with Gasteiger partial charge in [-0.1, -0.05) is 32.9 Å². The molecule has 19 heavy (non-hydrogen) atoms. The number of anilines is 1. The van der Waals surface area contributed by atoms with Gasteiger partial charge in [-0.2, -0.15) is 0 Å². The van der Waals surface area contributed by atoms with E-state index in [9.17, 15) is 4.79 Å². The van der Waals surface area contributed by atoms with Crippen LogP contribution in [0.15, 0.2) is 18.2 Å². The number of piperidine rings is 1. The van der Waals surface area contributed by atoms with E-state index in [2.05, 4.69) is 49.6 Å². The molecule has 2 aliphatic rings. The van der Waals surface area contributed by atoms with Crippen LogP contribution >= 0.6 is 0 Å². The molecule has 102 valence electrons. The van der Waals surface area contributed by atoms with Crippen LogP contribution in [-0.2, 0) is 10.2 Å². The summed E-state index contributed by atoms with van der Waals surface area (Å²) in [5, 5.41) is 6.49. The molecule has 0 spiro atoms. The summed E-state index contributed by atoms with van der Waals surface area (Å²) in [5.74, 6) is 0.672. The minimum absolute atomic E-state index is 0.143. The van der Waals surface area contributed by atoms with Gasteiger partial charge in [-0.15, -0.1) is 0 Å². The fraction of sp³-hybridized carbons (Fsp3) is 0.562. The summed E-state index contributed by atoms with van der Waals surface area (Å²) >= 11 is 0. The first-order valence-electron chi connectivity index (χ1n) is 7.13. The van der Waals surface area contributed by atoms with Gasteiger partial charge < -0.3 is 10.6 Å². The Morgan fingerprint density at radius 3 is 2.74 bits per heavy atom. The van der Waals surface area contributed by atoms with Crippen molar-refractivity contribution in [2.45, 2.75) is 38.5 Å². The van der Waals surface area contributed by atoms with Crippen LogP contribution in [0.5, 0.6) is 0 Å². The van der Waals surface area contributed by atoms with E-state index < -0.39 is 0 Å². The summed E-state index contributed by atoms with van der Waals surface area (Å²) in [4.78, 5) is 12.1. The van der Waals surface area contributed by atoms with Gasteiger partial charge >= 0.3 is 0 Å². The van der Waals surface area contributed by atoms with Gasteiger partial charge in [0.25, 0.3) is 0 Å². The highest BCUT2D eigenvalue weighted by Crippen LogP contribution is 2.40. The second kappa shape index (κ2) is 4.34. The van der Waals surface area contributed by atoms with Gasteiger partial charge in [0.1, 0.15) is 0 Å². The maximum absolute atomic E-state index is 12.1. The zero-order chi connectivity index (χ0) is 13.6. The maximum atomic E-state index is 12.1. The molecule has 2 atom stereocenters. The fourth-order valence-electron chi connectivity index (χ4n) is 3.17. The molecule has 2 N–H and O–H groups in total. The highest BCUT2D eigenvalue weighted by Gasteiger charge is 2.37. The monoisotopic (exact) mass is 258 g/mol. The highest BCUT2D eigenvalue weighted by atomic mass is 16.2. The van der Waals surface area contributed by atoms with Crippen LogP contribution < -0.4 is 10.6 Å². The van der Waals surface area contributed by atoms with E-state index in [0.29, 0.717) is 5.92 Å². The van der Waals surface area contributed by atoms with E-state index in [0.717, 1.165) is 25.2 Å². The summed E-state index contributed by atoms with van der Waals surface area (Å²) < 4.78 is 0. The minimum atomic E-state index is 0.143. The summed E-state index contributed by atoms with van der Waals surface area (Å²) in [7, 11) is 0. The van der Waals surface area contributed by atoms with E-state index in [-0.39, 0.29) is 17.2 Å². The largest absolute Gasteiger partial charge is 0.326 e. The Morgan fingerprint density at radius 2 is 2.00 bits per heavy atom. The fourth-order valence-corrected chi connectivity index (χ4v) is 3.17. The first-order valence-corrected chi connectivity index (χ1v) is 7.13. The Balaban J connectivity index is 2.05. The molecule has 1 fully saturated rings. The lowest BCUT2D eigenvalue weighted by Gasteiger charge is -2.37. The molecular weight excluding hydrogens is 236 g/mol. The van der Waals surface area contributed by atoms with Gasteiger partial charge in [-0.25, -0.2) is 0 Å². The first kappa shape index (κ1) is 12.7. The number of rotatable bonds is 0. The molecule has 0 aliphatic carbocycles. The summed E-state index contributed by atoms with van der Waals surface area (Å²) in [6.07, 6.45) is 0.940. The SMILES string of the molecule is CC(C)(C)c1ccc2c(c1)C1CNCCC1C(=O)N2. The number of benzene rings is 1. The number of carbonyl (C=O) groups is 1. The van der Waals surface area contributed by atoms with E-state index in [1.54, 1.807) is 0 Å². The predicted octanol–water partition coefficient (Wildman–Crippen LogP) is 2.63. The van der Waals surface area contributed by atoms with Crippen molar-refractivity contribution >= 4 is 11.6 Å². The van der Waals surface area contributed by atoms with E-state index in [4.69, 9.17) is 0 Å². The Kier molecular flexibility index (Phi) is 2.90. The Bertz CT molecular complexity index is 516. The van der Waals surface area contributed by atoms with Crippen LogP contribution in [-0.4, -0.2) is 19.0 Å². The molecule has 2 unspecified atom stereocenters. The van der Waals surface area contributed by atoms with Crippen LogP contribution in [0.25, 0.3) is 0 Å². The third-order valence-electron chi connectivity index (χ3n) is 4.39. The molecule has 3 nitrogen and oxygen atoms in total. The number of hydrogen-bond donors (Lipinski definition) is 2. The van der Waals surface area contributed by atoms with Gasteiger partial charge in [0.2, 0.25) is 5.91 Å². The molecule has 3 heteroatoms. The molecule has 3 rings (SSSR count). The zero-order valence-electron chi connectivity index (χ0n) is 11.9. The lowest BCUT2D eigenvalue weighted by Crippen LogP contribution is -2.44. The molecule has 1 amide bonds. The van der Waals surface area contributed by atoms with Gasteiger partial charge in [-0.05, 0) is 35.6 Å². The average molecular weight is 258 g/mol. The Morgan fingerprint density at radius 1 is 1.21 bits per heavy atom. The molecule has 1 saturated heterocycles. The molecule has 0 radical (unpaired) electrons. The van der Waals surface area contributed by atoms with E-state index >= 15 is 0 Å². The number of amides is 1. The van der Waals surface area contributed by atoms with Crippen LogP contribution in [0.1, 0.15) is 44.2 Å². The second-order valence-corrected chi connectivity index (χ2v) is 6.75. The number of carbonyl (C=O) groups excluding carboxylic acids is 1. The van der Waals surface area contributed by atoms with E-state index in [1.807, 2.05) is 0 Å². The Labute approximate surface area is 114 Å². The lowest BCUT2D eigenvalue weighted by molar-refractivity contribution is -0.121. The lowest BCUT2D eigenvalue weighted by atomic mass is 9.75. The van der Waals surface area contributed by atoms with Crippen molar-refractivity contribution in [3.8, 4) is 0 Å². The van der Waals surface area contributed by atoms with Gasteiger partial charge in [-0.3, -0.25) is 4.79 Å². The molecule has 1 aromatic rings. The molecular formula is C16H22N2O. The highest BCUT2D eigenvalue weighted by molar-refractivity contribution is 5.96. The number of nitrogens with one attached hydrogen (secondary N) is 2. The summed E-state index contributed by atoms with van der Waals surface area (Å²) in [5.41, 5.74) is 3.80. The Hall–Kier alpha value is -1.35. The van der Waals surface area contributed by atoms with Crippen LogP contribution in [0.4, 0.5) is 5.69 Å². The zero-order valence-corrected chi connectivity index (χ0v) is 11.9. The van der Waals surface area contributed by atoms with Gasteiger partial charge in [0, 0.05) is 24.1 Å². The van der Waals surface area contributed by atoms with Crippen molar-refractivity contribution < 1.29 is 4.79 Å². The third-order valence-corrected chi connectivity index (χ3v) is 4.39. The van der Waals surface area contributed by atoms with Crippen molar-refractivity contribution in [2.24, 2.45) is 5.92 Å². The normalized spacial score (nSPS) is 26.4. The van der Waals surface area contributed by atoms with Crippen LogP contribution in [0.2, 0.25) is 0 Å². The summed E-state index contributed by atoms with van der Waals surface area (Å²) in [6, 6.07) is 6.49. The minimum Gasteiger partial charge on any atom is -0.326 e. The molecule has 2 aliphatic heterocycles. The van der Waals surface area contributed by atoms with Crippen molar-refractivity contribution in [3.63, 3.8) is 0 Å². The first-order chi connectivity index (χ1) is 8.97. The number of hydrogen-bond acceptors (Lipinski definition) is 2. The predicted molar refractivity (Wildman–Crippen MR) is 77.5 cm³/mol. The number of fused-ring (bicyclic) bond motifs is 3. The van der Waals surface area contributed by atoms with Crippen molar-refractivity contribution in [1.29, 1.82) is 0 Å². The smallest absolute Gasteiger partial charge is 0.228 e. The standard InChI is InChI=1S/C16H22N2O/c1-16(2,3)10-4-5-14-12(8-10)13-9-17-7-6-11(13)15(19)18-14/h4-5,8,11,13,17H,6-7,9H2,1-3H3,(H,18,19).